The van der Waals surface area contributed by atoms with Crippen molar-refractivity contribution in [2.75, 3.05) is 6.54 Å². The number of carbonyl (C=O) groups excluding carboxylic acids is 2. The van der Waals surface area contributed by atoms with E-state index < -0.39 is 17.1 Å². The summed E-state index contributed by atoms with van der Waals surface area (Å²) in [5.41, 5.74) is 2.03. The summed E-state index contributed by atoms with van der Waals surface area (Å²) in [7, 11) is 0. The molecule has 0 aliphatic carbocycles. The highest BCUT2D eigenvalue weighted by Gasteiger charge is 2.38. The number of hydrogen-bond acceptors (Lipinski definition) is 7. The van der Waals surface area contributed by atoms with Gasteiger partial charge in [0, 0.05) is 11.1 Å². The van der Waals surface area contributed by atoms with Crippen LogP contribution in [0.15, 0.2) is 83.7 Å². The number of carbonyl (C=O) groups is 2. The van der Waals surface area contributed by atoms with Crippen LogP contribution >= 0.6 is 12.6 Å². The van der Waals surface area contributed by atoms with Crippen LogP contribution in [0.5, 0.6) is 0 Å². The number of esters is 1. The van der Waals surface area contributed by atoms with E-state index in [0.29, 0.717) is 28.0 Å². The minimum Gasteiger partial charge on any atom is -0.414 e. The fourth-order valence-electron chi connectivity index (χ4n) is 3.64. The van der Waals surface area contributed by atoms with E-state index >= 15 is 0 Å². The van der Waals surface area contributed by atoms with E-state index in [1.807, 2.05) is 36.4 Å². The van der Waals surface area contributed by atoms with Crippen molar-refractivity contribution in [1.82, 2.24) is 20.2 Å². The second-order valence-electron chi connectivity index (χ2n) is 7.43. The van der Waals surface area contributed by atoms with Crippen molar-refractivity contribution in [2.24, 2.45) is 0 Å². The van der Waals surface area contributed by atoms with Crippen LogP contribution in [0.4, 0.5) is 0 Å². The Morgan fingerprint density at radius 3 is 2.39 bits per heavy atom. The molecule has 1 aliphatic rings. The number of para-hydroxylation sites is 1. The van der Waals surface area contributed by atoms with Gasteiger partial charge >= 0.3 is 5.97 Å². The van der Waals surface area contributed by atoms with Crippen molar-refractivity contribution >= 4 is 35.4 Å². The molecule has 2 heterocycles. The van der Waals surface area contributed by atoms with Gasteiger partial charge in [-0.25, -0.2) is 10.3 Å². The van der Waals surface area contributed by atoms with Gasteiger partial charge in [-0.3, -0.25) is 24.3 Å². The number of amides is 1. The summed E-state index contributed by atoms with van der Waals surface area (Å²) in [6.45, 7) is -0.0527. The zero-order valence-corrected chi connectivity index (χ0v) is 18.1. The molecule has 1 atom stereocenters. The summed E-state index contributed by atoms with van der Waals surface area (Å²) in [5, 5.41) is 4.13. The molecule has 5 rings (SSSR count). The number of thiol groups is 1. The van der Waals surface area contributed by atoms with Gasteiger partial charge in [-0.15, -0.1) is 0 Å². The number of fused-ring (bicyclic) bond motifs is 1. The number of nitrogens with one attached hydrogen (secondary N) is 2. The summed E-state index contributed by atoms with van der Waals surface area (Å²) in [5.74, 6) is -0.517. The van der Waals surface area contributed by atoms with Crippen molar-refractivity contribution in [3.05, 3.63) is 94.8 Å². The van der Waals surface area contributed by atoms with Gasteiger partial charge in [0.15, 0.2) is 0 Å². The minimum absolute atomic E-state index is 0.0527. The first-order valence-electron chi connectivity index (χ1n) is 10.1. The molecule has 1 aromatic heterocycles. The van der Waals surface area contributed by atoms with Crippen molar-refractivity contribution < 1.29 is 14.3 Å². The molecule has 1 aliphatic heterocycles. The fraction of sp³-hybridized carbons (Fsp3) is 0.0833. The molecule has 0 spiro atoms. The number of nitrogens with zero attached hydrogens (tertiary/aromatic N) is 2. The van der Waals surface area contributed by atoms with Crippen LogP contribution in [-0.2, 0) is 9.53 Å². The minimum atomic E-state index is -1.56. The molecular weight excluding hydrogens is 440 g/mol. The quantitative estimate of drug-likeness (QED) is 0.247. The van der Waals surface area contributed by atoms with Gasteiger partial charge in [0.25, 0.3) is 16.6 Å². The van der Waals surface area contributed by atoms with Crippen LogP contribution < -0.4 is 16.2 Å². The second kappa shape index (κ2) is 8.19. The van der Waals surface area contributed by atoms with Crippen LogP contribution in [-0.4, -0.2) is 33.2 Å². The van der Waals surface area contributed by atoms with Crippen LogP contribution in [0.3, 0.4) is 0 Å². The Kier molecular flexibility index (Phi) is 5.20. The number of rotatable bonds is 4. The maximum Gasteiger partial charge on any atom is 0.323 e. The van der Waals surface area contributed by atoms with Crippen LogP contribution in [0.2, 0.25) is 0 Å². The number of aromatic nitrogens is 2. The summed E-state index contributed by atoms with van der Waals surface area (Å²) in [6, 6.07) is 23.1. The molecule has 0 saturated carbocycles. The summed E-state index contributed by atoms with van der Waals surface area (Å²) >= 11 is 4.17. The number of benzene rings is 3. The summed E-state index contributed by atoms with van der Waals surface area (Å²) in [6.07, 6.45) is 0. The van der Waals surface area contributed by atoms with Gasteiger partial charge in [0.2, 0.25) is 0 Å². The standard InChI is InChI=1S/C24H18N4O4S/c29-20-14-25-24(33,32-20)27-22(30)16-10-12-17(13-11-16)28-21(15-6-2-1-3-7-15)26-19-9-5-4-8-18(19)23(28)31/h1-13,25,33H,14H2,(H,27,30). The molecule has 2 N–H and O–H groups in total. The summed E-state index contributed by atoms with van der Waals surface area (Å²) in [4.78, 5) is 42.1. The van der Waals surface area contributed by atoms with Crippen LogP contribution in [0.1, 0.15) is 10.4 Å². The molecule has 33 heavy (non-hydrogen) atoms. The normalized spacial score (nSPS) is 17.7. The lowest BCUT2D eigenvalue weighted by Gasteiger charge is -2.22. The molecule has 1 saturated heterocycles. The lowest BCUT2D eigenvalue weighted by Crippen LogP contribution is -2.52. The van der Waals surface area contributed by atoms with Crippen LogP contribution in [0, 0.1) is 0 Å². The molecule has 1 unspecified atom stereocenters. The maximum absolute atomic E-state index is 13.4. The molecule has 1 amide bonds. The van der Waals surface area contributed by atoms with Gasteiger partial charge in [-0.2, -0.15) is 0 Å². The zero-order valence-electron chi connectivity index (χ0n) is 17.2. The SMILES string of the molecule is O=C1CNC(S)(NC(=O)c2ccc(-n3c(-c4ccccc4)nc4ccccc4c3=O)cc2)O1. The Morgan fingerprint density at radius 2 is 1.70 bits per heavy atom. The molecule has 0 bridgehead atoms. The second-order valence-corrected chi connectivity index (χ2v) is 8.06. The Bertz CT molecular complexity index is 1440. The highest BCUT2D eigenvalue weighted by molar-refractivity contribution is 7.81. The maximum atomic E-state index is 13.4. The largest absolute Gasteiger partial charge is 0.414 e. The fourth-order valence-corrected chi connectivity index (χ4v) is 3.92. The van der Waals surface area contributed by atoms with E-state index in [2.05, 4.69) is 23.3 Å². The van der Waals surface area contributed by atoms with Crippen molar-refractivity contribution in [2.45, 2.75) is 5.18 Å². The monoisotopic (exact) mass is 458 g/mol. The lowest BCUT2D eigenvalue weighted by molar-refractivity contribution is -0.143. The van der Waals surface area contributed by atoms with E-state index in [1.54, 1.807) is 42.5 Å². The van der Waals surface area contributed by atoms with E-state index in [9.17, 15) is 14.4 Å². The lowest BCUT2D eigenvalue weighted by atomic mass is 10.1. The smallest absolute Gasteiger partial charge is 0.323 e. The van der Waals surface area contributed by atoms with Crippen molar-refractivity contribution in [1.29, 1.82) is 0 Å². The first kappa shape index (κ1) is 20.9. The van der Waals surface area contributed by atoms with E-state index in [0.717, 1.165) is 5.56 Å². The number of hydrogen-bond donors (Lipinski definition) is 3. The highest BCUT2D eigenvalue weighted by Crippen LogP contribution is 2.23. The van der Waals surface area contributed by atoms with E-state index in [1.165, 1.54) is 4.57 Å². The molecule has 9 heteroatoms. The first-order valence-corrected chi connectivity index (χ1v) is 10.6. The molecule has 164 valence electrons. The van der Waals surface area contributed by atoms with E-state index in [4.69, 9.17) is 9.72 Å². The average Bonchev–Trinajstić information content (AvgIpc) is 3.17. The van der Waals surface area contributed by atoms with Crippen molar-refractivity contribution in [3.8, 4) is 17.1 Å². The van der Waals surface area contributed by atoms with Gasteiger partial charge in [-0.1, -0.05) is 55.1 Å². The van der Waals surface area contributed by atoms with Crippen LogP contribution in [0.25, 0.3) is 28.0 Å². The van der Waals surface area contributed by atoms with Gasteiger partial charge < -0.3 is 4.74 Å². The third-order valence-corrected chi connectivity index (χ3v) is 5.57. The molecule has 0 radical (unpaired) electrons. The van der Waals surface area contributed by atoms with Crippen molar-refractivity contribution in [3.63, 3.8) is 0 Å². The predicted molar refractivity (Wildman–Crippen MR) is 126 cm³/mol. The molecular formula is C24H18N4O4S. The Labute approximate surface area is 193 Å². The third-order valence-electron chi connectivity index (χ3n) is 5.21. The topological polar surface area (TPSA) is 102 Å². The number of ether oxygens (including phenoxy) is 1. The zero-order chi connectivity index (χ0) is 23.0. The summed E-state index contributed by atoms with van der Waals surface area (Å²) < 4.78 is 6.51. The highest BCUT2D eigenvalue weighted by atomic mass is 32.1. The molecule has 1 fully saturated rings. The first-order chi connectivity index (χ1) is 15.9. The molecule has 4 aromatic rings. The number of cyclic esters (lactones) is 1. The van der Waals surface area contributed by atoms with Gasteiger partial charge in [0.1, 0.15) is 5.82 Å². The third kappa shape index (κ3) is 3.99. The van der Waals surface area contributed by atoms with Gasteiger partial charge in [0.05, 0.1) is 23.1 Å². The van der Waals surface area contributed by atoms with Gasteiger partial charge in [-0.05, 0) is 36.4 Å². The Hall–Kier alpha value is -3.95. The Morgan fingerprint density at radius 1 is 1.00 bits per heavy atom. The molecule has 3 aromatic carbocycles. The Balaban J connectivity index is 1.55. The van der Waals surface area contributed by atoms with E-state index in [-0.39, 0.29) is 12.1 Å². The average molecular weight is 458 g/mol. The predicted octanol–water partition coefficient (Wildman–Crippen LogP) is 2.47. The molecule has 8 nitrogen and oxygen atoms in total.